The molecule has 0 aliphatic heterocycles. The van der Waals surface area contributed by atoms with Crippen LogP contribution in [0.4, 0.5) is 17.6 Å². The molecule has 0 heterocycles. The highest BCUT2D eigenvalue weighted by Gasteiger charge is 2.71. The van der Waals surface area contributed by atoms with Gasteiger partial charge in [-0.15, -0.1) is 0 Å². The molecule has 2 bridgehead atoms. The Balaban J connectivity index is 0.000000204. The molecule has 280 valence electrons. The van der Waals surface area contributed by atoms with Gasteiger partial charge in [-0.05, 0) is 124 Å². The summed E-state index contributed by atoms with van der Waals surface area (Å²) in [6.45, 7) is 0. The fourth-order valence-corrected chi connectivity index (χ4v) is 10.3. The second-order valence-corrected chi connectivity index (χ2v) is 17.1. The van der Waals surface area contributed by atoms with Crippen molar-refractivity contribution >= 4 is 10.1 Å². The number of alkyl halides is 4. The van der Waals surface area contributed by atoms with E-state index in [1.165, 1.54) is 93.3 Å². The fourth-order valence-electron chi connectivity index (χ4n) is 9.78. The van der Waals surface area contributed by atoms with Crippen LogP contribution in [0.2, 0.25) is 0 Å². The molecule has 3 fully saturated rings. The smallest absolute Gasteiger partial charge is 0.281 e. The van der Waals surface area contributed by atoms with Crippen LogP contribution in [-0.2, 0) is 16.5 Å². The van der Waals surface area contributed by atoms with E-state index in [1.54, 1.807) is 0 Å². The Bertz CT molecular complexity index is 2230. The molecule has 3 nitrogen and oxygen atoms in total. The van der Waals surface area contributed by atoms with Crippen molar-refractivity contribution in [2.45, 2.75) is 81.3 Å². The minimum absolute atomic E-state index is 0.0203. The first-order chi connectivity index (χ1) is 25.9. The average molecular weight is 753 g/mol. The summed E-state index contributed by atoms with van der Waals surface area (Å²) >= 11 is 0. The van der Waals surface area contributed by atoms with Gasteiger partial charge in [0.15, 0.2) is 0 Å². The molecule has 0 saturated heterocycles. The van der Waals surface area contributed by atoms with E-state index in [9.17, 15) is 26.0 Å². The molecule has 3 atom stereocenters. The Morgan fingerprint density at radius 2 is 1.20 bits per heavy atom. The highest BCUT2D eigenvalue weighted by Crippen LogP contribution is 2.58. The molecule has 0 aromatic heterocycles. The van der Waals surface area contributed by atoms with Gasteiger partial charge >= 0.3 is 21.3 Å². The van der Waals surface area contributed by atoms with E-state index in [-0.39, 0.29) is 12.3 Å². The van der Waals surface area contributed by atoms with E-state index in [0.29, 0.717) is 12.8 Å². The van der Waals surface area contributed by atoms with Crippen LogP contribution in [0, 0.1) is 17.8 Å². The van der Waals surface area contributed by atoms with Crippen molar-refractivity contribution in [3.63, 3.8) is 0 Å². The molecule has 4 aliphatic carbocycles. The number of hydrogen-bond acceptors (Lipinski definition) is 2. The lowest BCUT2D eigenvalue weighted by Gasteiger charge is -2.33. The van der Waals surface area contributed by atoms with Crippen LogP contribution in [0.3, 0.4) is 0 Å². The largest absolute Gasteiger partial charge is 0.431 e. The van der Waals surface area contributed by atoms with Crippen molar-refractivity contribution in [2.75, 3.05) is 0 Å². The topological polar surface area (TPSA) is 54.4 Å². The summed E-state index contributed by atoms with van der Waals surface area (Å²) in [5, 5.41) is -5.41. The highest BCUT2D eigenvalue weighted by atomic mass is 32.2. The summed E-state index contributed by atoms with van der Waals surface area (Å²) in [6.07, 6.45) is 9.30. The van der Waals surface area contributed by atoms with Gasteiger partial charge in [0.2, 0.25) is 0 Å². The quantitative estimate of drug-likeness (QED) is 0.130. The first kappa shape index (κ1) is 36.7. The molecule has 5 aromatic rings. The van der Waals surface area contributed by atoms with E-state index in [4.69, 9.17) is 4.55 Å². The van der Waals surface area contributed by atoms with Gasteiger partial charge in [-0.25, -0.2) is 0 Å². The van der Waals surface area contributed by atoms with Crippen molar-refractivity contribution in [2.24, 2.45) is 17.8 Å². The van der Waals surface area contributed by atoms with Gasteiger partial charge in [-0.2, -0.15) is 26.0 Å². The van der Waals surface area contributed by atoms with Gasteiger partial charge in [0.05, 0.1) is 0 Å². The molecular formula is C46H44F4O3S. The molecular weight excluding hydrogens is 709 g/mol. The Morgan fingerprint density at radius 3 is 1.80 bits per heavy atom. The second-order valence-electron chi connectivity index (χ2n) is 15.6. The van der Waals surface area contributed by atoms with Crippen LogP contribution in [-0.4, -0.2) is 24.1 Å². The third-order valence-electron chi connectivity index (χ3n) is 12.4. The maximum absolute atomic E-state index is 13.6. The van der Waals surface area contributed by atoms with Crippen LogP contribution in [0.25, 0.3) is 44.5 Å². The number of halogens is 4. The molecule has 54 heavy (non-hydrogen) atoms. The van der Waals surface area contributed by atoms with E-state index >= 15 is 0 Å². The maximum atomic E-state index is 13.6. The zero-order valence-electron chi connectivity index (χ0n) is 30.0. The van der Waals surface area contributed by atoms with Crippen molar-refractivity contribution < 1.29 is 30.5 Å². The summed E-state index contributed by atoms with van der Waals surface area (Å²) < 4.78 is 82.4. The van der Waals surface area contributed by atoms with E-state index in [1.807, 2.05) is 0 Å². The molecule has 0 amide bonds. The molecule has 8 heteroatoms. The molecule has 4 aliphatic rings. The van der Waals surface area contributed by atoms with Gasteiger partial charge in [0.1, 0.15) is 0 Å². The maximum Gasteiger partial charge on any atom is 0.431 e. The number of hydrogen-bond donors (Lipinski definition) is 1. The van der Waals surface area contributed by atoms with Gasteiger partial charge in [0, 0.05) is 5.92 Å². The van der Waals surface area contributed by atoms with Crippen molar-refractivity contribution in [1.82, 2.24) is 0 Å². The van der Waals surface area contributed by atoms with Gasteiger partial charge < -0.3 is 0 Å². The average Bonchev–Trinajstić information content (AvgIpc) is 3.94. The van der Waals surface area contributed by atoms with Crippen molar-refractivity contribution in [3.05, 3.63) is 132 Å². The summed E-state index contributed by atoms with van der Waals surface area (Å²) in [7, 11) is -6.10. The normalized spacial score (nSPS) is 20.9. The van der Waals surface area contributed by atoms with Crippen LogP contribution in [0.1, 0.15) is 80.4 Å². The van der Waals surface area contributed by atoms with Gasteiger partial charge in [-0.1, -0.05) is 135 Å². The van der Waals surface area contributed by atoms with Crippen LogP contribution in [0.15, 0.2) is 115 Å². The van der Waals surface area contributed by atoms with E-state index < -0.39 is 33.1 Å². The number of fused-ring (bicyclic) bond motifs is 5. The lowest BCUT2D eigenvalue weighted by atomic mass is 9.81. The summed E-state index contributed by atoms with van der Waals surface area (Å²) in [5.74, 6) is -6.22. The van der Waals surface area contributed by atoms with E-state index in [2.05, 4.69) is 115 Å². The Hall–Kier alpha value is -4.27. The zero-order chi connectivity index (χ0) is 37.7. The Kier molecular flexibility index (Phi) is 9.80. The van der Waals surface area contributed by atoms with Crippen molar-refractivity contribution in [1.29, 1.82) is 0 Å². The van der Waals surface area contributed by atoms with E-state index in [0.717, 1.165) is 18.8 Å². The lowest BCUT2D eigenvalue weighted by molar-refractivity contribution is -0.202. The van der Waals surface area contributed by atoms with Crippen LogP contribution >= 0.6 is 0 Å². The highest BCUT2D eigenvalue weighted by molar-refractivity contribution is 7.87. The van der Waals surface area contributed by atoms with Crippen LogP contribution < -0.4 is 0 Å². The number of benzene rings is 5. The molecule has 5 aromatic carbocycles. The third kappa shape index (κ3) is 6.59. The fraction of sp³-hybridized carbons (Fsp3) is 0.348. The SMILES string of the molecule is O=S(=O)(O)C(F)(F)C(F)(F)C1CC2CCC1C2.c1ccc(-c2c(-c3ccc(C4CCCCC4)cc3)cc3c(c2-c2ccccc2)Cc2ccccc2-3)cc1. The zero-order valence-corrected chi connectivity index (χ0v) is 30.9. The lowest BCUT2D eigenvalue weighted by Crippen LogP contribution is -2.52. The summed E-state index contributed by atoms with van der Waals surface area (Å²) in [6, 6.07) is 43.0. The second kappa shape index (κ2) is 14.4. The monoisotopic (exact) mass is 752 g/mol. The van der Waals surface area contributed by atoms with Crippen molar-refractivity contribution in [3.8, 4) is 44.5 Å². The third-order valence-corrected chi connectivity index (χ3v) is 13.4. The minimum Gasteiger partial charge on any atom is -0.281 e. The summed E-state index contributed by atoms with van der Waals surface area (Å²) in [4.78, 5) is 0. The Morgan fingerprint density at radius 1 is 0.593 bits per heavy atom. The molecule has 0 radical (unpaired) electrons. The Labute approximate surface area is 315 Å². The first-order valence-corrected chi connectivity index (χ1v) is 20.6. The molecule has 3 saturated carbocycles. The van der Waals surface area contributed by atoms with Gasteiger partial charge in [-0.3, -0.25) is 4.55 Å². The predicted molar refractivity (Wildman–Crippen MR) is 207 cm³/mol. The van der Waals surface area contributed by atoms with Gasteiger partial charge in [0.25, 0.3) is 0 Å². The number of rotatable bonds is 7. The standard InChI is InChI=1S/C37H32.C9H12F4O3S/c1-4-12-26(13-5-1)27-20-22-28(23-21-27)33-25-34-32-19-11-10-18-31(32)24-35(34)37(30-16-8-3-9-17-30)36(33)29-14-6-2-7-15-29;10-8(11,9(12,13)17(14,15)16)7-4-5-1-2-6(7)3-5/h2-3,6-11,14-23,25-26H,1,4-5,12-13,24H2;5-7H,1-4H2,(H,14,15,16). The molecule has 1 N–H and O–H groups in total. The molecule has 9 rings (SSSR count). The molecule has 0 spiro atoms. The molecule has 3 unspecified atom stereocenters. The summed E-state index contributed by atoms with van der Waals surface area (Å²) in [5.41, 5.74) is 15.1. The first-order valence-electron chi connectivity index (χ1n) is 19.2. The minimum atomic E-state index is -6.10. The predicted octanol–water partition coefficient (Wildman–Crippen LogP) is 12.8. The van der Waals surface area contributed by atoms with Crippen LogP contribution in [0.5, 0.6) is 0 Å².